The fourth-order valence-electron chi connectivity index (χ4n) is 0.737. The maximum absolute atomic E-state index is 10.3. The fourth-order valence-corrected chi connectivity index (χ4v) is 0.737. The number of aromatic nitrogens is 2. The van der Waals surface area contributed by atoms with E-state index in [0.29, 0.717) is 0 Å². The first-order valence-electron chi connectivity index (χ1n) is 3.39. The van der Waals surface area contributed by atoms with E-state index in [1.807, 2.05) is 13.8 Å². The molecule has 0 bridgehead atoms. The number of nitrogens with zero attached hydrogens (tertiary/aromatic N) is 1. The summed E-state index contributed by atoms with van der Waals surface area (Å²) < 4.78 is 0. The van der Waals surface area contributed by atoms with E-state index in [-0.39, 0.29) is 11.7 Å². The lowest BCUT2D eigenvalue weighted by Gasteiger charge is -1.96. The highest BCUT2D eigenvalue weighted by Gasteiger charge is 2.08. The van der Waals surface area contributed by atoms with E-state index < -0.39 is 5.97 Å². The van der Waals surface area contributed by atoms with Crippen molar-refractivity contribution in [3.63, 3.8) is 0 Å². The monoisotopic (exact) mass is 154 g/mol. The molecule has 0 spiro atoms. The minimum absolute atomic E-state index is 0.00806. The summed E-state index contributed by atoms with van der Waals surface area (Å²) in [6, 6.07) is 0. The number of hydrogen-bond acceptors (Lipinski definition) is 2. The Kier molecular flexibility index (Phi) is 1.94. The summed E-state index contributed by atoms with van der Waals surface area (Å²) >= 11 is 0. The van der Waals surface area contributed by atoms with Crippen LogP contribution in [0.4, 0.5) is 0 Å². The highest BCUT2D eigenvalue weighted by Crippen LogP contribution is 2.10. The van der Waals surface area contributed by atoms with Gasteiger partial charge in [0.1, 0.15) is 0 Å². The van der Waals surface area contributed by atoms with Gasteiger partial charge in [0.15, 0.2) is 0 Å². The molecule has 1 rings (SSSR count). The van der Waals surface area contributed by atoms with Gasteiger partial charge in [-0.15, -0.1) is 0 Å². The molecular formula is C7H10N2O2. The number of hydrogen-bond donors (Lipinski definition) is 2. The second-order valence-corrected chi connectivity index (χ2v) is 2.65. The van der Waals surface area contributed by atoms with Crippen molar-refractivity contribution in [3.05, 3.63) is 17.7 Å². The van der Waals surface area contributed by atoms with Crippen LogP contribution in [0.1, 0.15) is 36.1 Å². The van der Waals surface area contributed by atoms with Crippen molar-refractivity contribution in [2.45, 2.75) is 19.8 Å². The zero-order chi connectivity index (χ0) is 8.43. The number of imidazole rings is 1. The third-order valence-corrected chi connectivity index (χ3v) is 1.42. The molecule has 0 aromatic carbocycles. The Balaban J connectivity index is 2.90. The molecule has 1 aromatic heterocycles. The molecule has 0 aliphatic rings. The van der Waals surface area contributed by atoms with Crippen molar-refractivity contribution >= 4 is 5.97 Å². The van der Waals surface area contributed by atoms with Crippen LogP contribution in [-0.2, 0) is 0 Å². The van der Waals surface area contributed by atoms with Gasteiger partial charge >= 0.3 is 5.97 Å². The molecule has 4 heteroatoms. The molecule has 0 fully saturated rings. The van der Waals surface area contributed by atoms with Gasteiger partial charge in [-0.25, -0.2) is 9.78 Å². The van der Waals surface area contributed by atoms with E-state index in [1.54, 1.807) is 6.20 Å². The molecule has 0 aliphatic heterocycles. The molecule has 0 atom stereocenters. The van der Waals surface area contributed by atoms with Gasteiger partial charge in [0.25, 0.3) is 0 Å². The minimum atomic E-state index is -1.02. The van der Waals surface area contributed by atoms with Gasteiger partial charge in [0.2, 0.25) is 5.82 Å². The predicted molar refractivity (Wildman–Crippen MR) is 39.6 cm³/mol. The van der Waals surface area contributed by atoms with Crippen LogP contribution in [0.25, 0.3) is 0 Å². The lowest BCUT2D eigenvalue weighted by Crippen LogP contribution is -1.99. The molecule has 0 amide bonds. The van der Waals surface area contributed by atoms with Crippen LogP contribution in [0, 0.1) is 0 Å². The van der Waals surface area contributed by atoms with E-state index in [1.165, 1.54) is 0 Å². The van der Waals surface area contributed by atoms with Crippen molar-refractivity contribution in [1.82, 2.24) is 9.97 Å². The molecule has 1 heterocycles. The third kappa shape index (κ3) is 1.58. The van der Waals surface area contributed by atoms with Crippen LogP contribution in [0.2, 0.25) is 0 Å². The van der Waals surface area contributed by atoms with Crippen LogP contribution in [0.5, 0.6) is 0 Å². The lowest BCUT2D eigenvalue weighted by atomic mass is 10.2. The molecule has 4 nitrogen and oxygen atoms in total. The fraction of sp³-hybridized carbons (Fsp3) is 0.429. The van der Waals surface area contributed by atoms with Crippen LogP contribution >= 0.6 is 0 Å². The second kappa shape index (κ2) is 2.74. The average Bonchev–Trinajstić information content (AvgIpc) is 2.33. The van der Waals surface area contributed by atoms with Crippen LogP contribution in [-0.4, -0.2) is 21.0 Å². The highest BCUT2D eigenvalue weighted by atomic mass is 16.4. The Morgan fingerprint density at radius 2 is 2.36 bits per heavy atom. The molecule has 60 valence electrons. The maximum atomic E-state index is 10.3. The Bertz CT molecular complexity index is 265. The quantitative estimate of drug-likeness (QED) is 0.673. The minimum Gasteiger partial charge on any atom is -0.475 e. The van der Waals surface area contributed by atoms with Gasteiger partial charge in [-0.3, -0.25) is 0 Å². The van der Waals surface area contributed by atoms with Crippen molar-refractivity contribution in [2.24, 2.45) is 0 Å². The van der Waals surface area contributed by atoms with E-state index in [0.717, 1.165) is 5.69 Å². The number of H-pyrrole nitrogens is 1. The summed E-state index contributed by atoms with van der Waals surface area (Å²) in [4.78, 5) is 16.7. The van der Waals surface area contributed by atoms with Crippen LogP contribution in [0.15, 0.2) is 6.20 Å². The number of carbonyl (C=O) groups is 1. The van der Waals surface area contributed by atoms with Gasteiger partial charge in [0, 0.05) is 11.9 Å². The SMILES string of the molecule is CC(C)c1cnc(C(=O)O)[nH]1. The van der Waals surface area contributed by atoms with Crippen molar-refractivity contribution in [3.8, 4) is 0 Å². The largest absolute Gasteiger partial charge is 0.475 e. The van der Waals surface area contributed by atoms with Gasteiger partial charge < -0.3 is 10.1 Å². The van der Waals surface area contributed by atoms with E-state index >= 15 is 0 Å². The molecule has 0 radical (unpaired) electrons. The van der Waals surface area contributed by atoms with Crippen molar-refractivity contribution < 1.29 is 9.90 Å². The molecule has 11 heavy (non-hydrogen) atoms. The average molecular weight is 154 g/mol. The van der Waals surface area contributed by atoms with Gasteiger partial charge in [-0.2, -0.15) is 0 Å². The predicted octanol–water partition coefficient (Wildman–Crippen LogP) is 1.23. The number of carboxylic acid groups (broad SMARTS) is 1. The number of carboxylic acids is 1. The first kappa shape index (κ1) is 7.78. The summed E-state index contributed by atoms with van der Waals surface area (Å²) in [5, 5.41) is 8.49. The molecular weight excluding hydrogens is 144 g/mol. The highest BCUT2D eigenvalue weighted by molar-refractivity contribution is 5.83. The van der Waals surface area contributed by atoms with Gasteiger partial charge in [-0.1, -0.05) is 13.8 Å². The Labute approximate surface area is 64.3 Å². The lowest BCUT2D eigenvalue weighted by molar-refractivity contribution is 0.0684. The second-order valence-electron chi connectivity index (χ2n) is 2.65. The number of aromatic amines is 1. The van der Waals surface area contributed by atoms with E-state index in [9.17, 15) is 4.79 Å². The van der Waals surface area contributed by atoms with Crippen molar-refractivity contribution in [2.75, 3.05) is 0 Å². The van der Waals surface area contributed by atoms with Crippen molar-refractivity contribution in [1.29, 1.82) is 0 Å². The zero-order valence-electron chi connectivity index (χ0n) is 6.46. The standard InChI is InChI=1S/C7H10N2O2/c1-4(2)5-3-8-6(9-5)7(10)11/h3-4H,1-2H3,(H,8,9)(H,10,11). The maximum Gasteiger partial charge on any atom is 0.371 e. The van der Waals surface area contributed by atoms with E-state index in [2.05, 4.69) is 9.97 Å². The van der Waals surface area contributed by atoms with Gasteiger partial charge in [0.05, 0.1) is 0 Å². The van der Waals surface area contributed by atoms with Crippen LogP contribution in [0.3, 0.4) is 0 Å². The molecule has 0 unspecified atom stereocenters. The van der Waals surface area contributed by atoms with Gasteiger partial charge in [-0.05, 0) is 5.92 Å². The molecule has 0 saturated carbocycles. The number of aromatic carboxylic acids is 1. The summed E-state index contributed by atoms with van der Waals surface area (Å²) in [5.74, 6) is -0.721. The number of nitrogens with one attached hydrogen (secondary N) is 1. The third-order valence-electron chi connectivity index (χ3n) is 1.42. The Hall–Kier alpha value is -1.32. The Morgan fingerprint density at radius 3 is 2.64 bits per heavy atom. The molecule has 2 N–H and O–H groups in total. The molecule has 1 aromatic rings. The summed E-state index contributed by atoms with van der Waals surface area (Å²) in [7, 11) is 0. The summed E-state index contributed by atoms with van der Waals surface area (Å²) in [6.45, 7) is 3.94. The Morgan fingerprint density at radius 1 is 1.73 bits per heavy atom. The summed E-state index contributed by atoms with van der Waals surface area (Å²) in [5.41, 5.74) is 0.849. The zero-order valence-corrected chi connectivity index (χ0v) is 6.46. The topological polar surface area (TPSA) is 66.0 Å². The first-order valence-corrected chi connectivity index (χ1v) is 3.39. The van der Waals surface area contributed by atoms with E-state index in [4.69, 9.17) is 5.11 Å². The first-order chi connectivity index (χ1) is 5.11. The normalized spacial score (nSPS) is 10.5. The molecule has 0 aliphatic carbocycles. The number of rotatable bonds is 2. The molecule has 0 saturated heterocycles. The van der Waals surface area contributed by atoms with Crippen LogP contribution < -0.4 is 0 Å². The summed E-state index contributed by atoms with van der Waals surface area (Å²) in [6.07, 6.45) is 1.55. The smallest absolute Gasteiger partial charge is 0.371 e.